The van der Waals surface area contributed by atoms with Crippen molar-refractivity contribution in [2.45, 2.75) is 19.3 Å². The Labute approximate surface area is 169 Å². The van der Waals surface area contributed by atoms with Gasteiger partial charge >= 0.3 is 18.2 Å². The minimum Gasteiger partial charge on any atom is -0.497 e. The highest BCUT2D eigenvalue weighted by atomic mass is 17.3. The van der Waals surface area contributed by atoms with Crippen LogP contribution in [0.3, 0.4) is 0 Å². The van der Waals surface area contributed by atoms with Gasteiger partial charge in [0.2, 0.25) is 0 Å². The van der Waals surface area contributed by atoms with E-state index in [1.807, 2.05) is 0 Å². The second-order valence-electron chi connectivity index (χ2n) is 5.70. The summed E-state index contributed by atoms with van der Waals surface area (Å²) < 4.78 is 10.1. The molecule has 29 heavy (non-hydrogen) atoms. The van der Waals surface area contributed by atoms with Crippen LogP contribution in [0.25, 0.3) is 0 Å². The van der Waals surface area contributed by atoms with E-state index in [9.17, 15) is 9.59 Å². The summed E-state index contributed by atoms with van der Waals surface area (Å²) in [5.41, 5.74) is 0.434. The zero-order chi connectivity index (χ0) is 21.1. The normalized spacial score (nSPS) is 10.5. The molecule has 0 aromatic heterocycles. The first kappa shape index (κ1) is 22.2. The lowest BCUT2D eigenvalue weighted by molar-refractivity contribution is -0.363. The number of hydrogen-bond acceptors (Lipinski definition) is 8. The third-order valence-electron chi connectivity index (χ3n) is 3.66. The van der Waals surface area contributed by atoms with E-state index in [2.05, 4.69) is 6.92 Å². The lowest BCUT2D eigenvalue weighted by Gasteiger charge is -2.13. The van der Waals surface area contributed by atoms with Gasteiger partial charge < -0.3 is 9.47 Å². The van der Waals surface area contributed by atoms with Gasteiger partial charge in [0.15, 0.2) is 0 Å². The van der Waals surface area contributed by atoms with Gasteiger partial charge in [0.25, 0.3) is 0 Å². The fourth-order valence-corrected chi connectivity index (χ4v) is 2.13. The first-order valence-corrected chi connectivity index (χ1v) is 8.78. The average molecular weight is 402 g/mol. The number of hydrogen-bond donors (Lipinski definition) is 0. The van der Waals surface area contributed by atoms with E-state index in [1.165, 1.54) is 38.5 Å². The number of rotatable bonds is 11. The van der Waals surface area contributed by atoms with Crippen LogP contribution in [0.1, 0.15) is 40.0 Å². The molecule has 0 aliphatic carbocycles. The highest BCUT2D eigenvalue weighted by Gasteiger charge is 2.21. The molecule has 0 aliphatic heterocycles. The van der Waals surface area contributed by atoms with Crippen molar-refractivity contribution in [1.82, 2.24) is 0 Å². The SMILES string of the molecule is [CH2]CCC[C](OOC(=O)c1cccc(OC)c1)OOC(=O)c1cccc(OC)c1. The van der Waals surface area contributed by atoms with Crippen LogP contribution in [-0.4, -0.2) is 26.2 Å². The Hall–Kier alpha value is -3.10. The van der Waals surface area contributed by atoms with Gasteiger partial charge in [-0.15, -0.1) is 9.78 Å². The van der Waals surface area contributed by atoms with Crippen molar-refractivity contribution in [1.29, 1.82) is 0 Å². The summed E-state index contributed by atoms with van der Waals surface area (Å²) >= 11 is 0. The van der Waals surface area contributed by atoms with Crippen molar-refractivity contribution >= 4 is 11.9 Å². The van der Waals surface area contributed by atoms with Crippen LogP contribution < -0.4 is 9.47 Å². The first-order chi connectivity index (χ1) is 14.1. The summed E-state index contributed by atoms with van der Waals surface area (Å²) in [5, 5.41) is 0. The third kappa shape index (κ3) is 7.10. The summed E-state index contributed by atoms with van der Waals surface area (Å²) in [4.78, 5) is 43.7. The summed E-state index contributed by atoms with van der Waals surface area (Å²) in [6.07, 6.45) is 1.15. The lowest BCUT2D eigenvalue weighted by atomic mass is 10.2. The molecule has 0 saturated heterocycles. The van der Waals surface area contributed by atoms with Crippen LogP contribution in [0, 0.1) is 13.2 Å². The largest absolute Gasteiger partial charge is 0.497 e. The molecule has 0 saturated carbocycles. The molecule has 0 heterocycles. The Morgan fingerprint density at radius 1 is 0.793 bits per heavy atom. The maximum absolute atomic E-state index is 12.1. The minimum atomic E-state index is -0.765. The molecule has 0 atom stereocenters. The van der Waals surface area contributed by atoms with Gasteiger partial charge in [0.05, 0.1) is 25.3 Å². The van der Waals surface area contributed by atoms with Crippen LogP contribution in [0.2, 0.25) is 0 Å². The summed E-state index contributed by atoms with van der Waals surface area (Å²) in [7, 11) is 2.96. The smallest absolute Gasteiger partial charge is 0.373 e. The molecule has 0 N–H and O–H groups in total. The molecule has 2 rings (SSSR count). The fraction of sp³-hybridized carbons (Fsp3) is 0.238. The second kappa shape index (κ2) is 11.7. The maximum atomic E-state index is 12.1. The summed E-state index contributed by atoms with van der Waals surface area (Å²) in [6, 6.07) is 12.7. The number of methoxy groups -OCH3 is 2. The standard InChI is InChI=1S/C21H22O8/c1-4-5-12-19(26-28-20(22)15-8-6-10-17(13-15)24-2)27-29-21(23)16-9-7-11-18(14-16)25-3/h6-11,13-14H,1,4-5,12H2,2-3H3. The van der Waals surface area contributed by atoms with Crippen molar-refractivity contribution in [2.24, 2.45) is 0 Å². The number of carbonyl (C=O) groups excluding carboxylic acids is 2. The van der Waals surface area contributed by atoms with Gasteiger partial charge in [-0.3, -0.25) is 9.78 Å². The van der Waals surface area contributed by atoms with Crippen molar-refractivity contribution < 1.29 is 38.6 Å². The van der Waals surface area contributed by atoms with Gasteiger partial charge in [-0.2, -0.15) is 0 Å². The van der Waals surface area contributed by atoms with Crippen LogP contribution in [-0.2, 0) is 19.6 Å². The van der Waals surface area contributed by atoms with E-state index in [-0.39, 0.29) is 23.8 Å². The van der Waals surface area contributed by atoms with Crippen LogP contribution in [0.15, 0.2) is 48.5 Å². The molecule has 2 aromatic rings. The molecule has 0 spiro atoms. The quantitative estimate of drug-likeness (QED) is 0.410. The molecule has 8 nitrogen and oxygen atoms in total. The molecule has 8 heteroatoms. The molecule has 0 unspecified atom stereocenters. The van der Waals surface area contributed by atoms with E-state index >= 15 is 0 Å². The Morgan fingerprint density at radius 3 is 1.69 bits per heavy atom. The van der Waals surface area contributed by atoms with Crippen LogP contribution >= 0.6 is 0 Å². The number of benzene rings is 2. The Morgan fingerprint density at radius 2 is 1.28 bits per heavy atom. The predicted molar refractivity (Wildman–Crippen MR) is 101 cm³/mol. The van der Waals surface area contributed by atoms with E-state index in [4.69, 9.17) is 29.0 Å². The Kier molecular flexibility index (Phi) is 8.94. The van der Waals surface area contributed by atoms with Crippen molar-refractivity contribution in [3.63, 3.8) is 0 Å². The van der Waals surface area contributed by atoms with Gasteiger partial charge in [0.1, 0.15) is 11.5 Å². The second-order valence-corrected chi connectivity index (χ2v) is 5.70. The van der Waals surface area contributed by atoms with Gasteiger partial charge in [-0.1, -0.05) is 25.5 Å². The van der Waals surface area contributed by atoms with Gasteiger partial charge in [0, 0.05) is 6.42 Å². The van der Waals surface area contributed by atoms with Gasteiger partial charge in [-0.25, -0.2) is 9.59 Å². The van der Waals surface area contributed by atoms with Crippen LogP contribution in [0.4, 0.5) is 0 Å². The molecule has 0 aliphatic rings. The van der Waals surface area contributed by atoms with Crippen molar-refractivity contribution in [2.75, 3.05) is 14.2 Å². The minimum absolute atomic E-state index is 0.193. The molecular weight excluding hydrogens is 380 g/mol. The molecule has 154 valence electrons. The molecule has 0 amide bonds. The summed E-state index contributed by atoms with van der Waals surface area (Å²) in [6.45, 7) is 3.71. The monoisotopic (exact) mass is 402 g/mol. The summed E-state index contributed by atoms with van der Waals surface area (Å²) in [5.74, 6) is -0.550. The topological polar surface area (TPSA) is 89.5 Å². The maximum Gasteiger partial charge on any atom is 0.373 e. The zero-order valence-electron chi connectivity index (χ0n) is 16.2. The Bertz CT molecular complexity index is 741. The fourth-order valence-electron chi connectivity index (χ4n) is 2.13. The molecule has 2 aromatic carbocycles. The average Bonchev–Trinajstić information content (AvgIpc) is 2.78. The zero-order valence-corrected chi connectivity index (χ0v) is 16.2. The predicted octanol–water partition coefficient (Wildman–Crippen LogP) is 4.07. The molecular formula is C21H22O8. The lowest BCUT2D eigenvalue weighted by Crippen LogP contribution is -2.16. The molecule has 2 radical (unpaired) electrons. The first-order valence-electron chi connectivity index (χ1n) is 8.78. The molecule has 0 fully saturated rings. The van der Waals surface area contributed by atoms with E-state index in [0.29, 0.717) is 24.3 Å². The van der Waals surface area contributed by atoms with Crippen LogP contribution in [0.5, 0.6) is 11.5 Å². The number of ether oxygens (including phenoxy) is 2. The highest BCUT2D eigenvalue weighted by Crippen LogP contribution is 2.20. The highest BCUT2D eigenvalue weighted by molar-refractivity contribution is 5.90. The van der Waals surface area contributed by atoms with Crippen molar-refractivity contribution in [3.05, 3.63) is 72.9 Å². The van der Waals surface area contributed by atoms with E-state index < -0.39 is 11.9 Å². The number of carbonyl (C=O) groups is 2. The Balaban J connectivity index is 1.92. The van der Waals surface area contributed by atoms with E-state index in [1.54, 1.807) is 24.3 Å². The third-order valence-corrected chi connectivity index (χ3v) is 3.66. The van der Waals surface area contributed by atoms with Gasteiger partial charge in [-0.05, 0) is 42.8 Å². The number of unbranched alkanes of at least 4 members (excludes halogenated alkanes) is 1. The van der Waals surface area contributed by atoms with Crippen molar-refractivity contribution in [3.8, 4) is 11.5 Å². The molecule has 0 bridgehead atoms. The van der Waals surface area contributed by atoms with E-state index in [0.717, 1.165) is 0 Å².